The van der Waals surface area contributed by atoms with Gasteiger partial charge in [0.2, 0.25) is 0 Å². The van der Waals surface area contributed by atoms with E-state index < -0.39 is 5.60 Å². The van der Waals surface area contributed by atoms with Crippen LogP contribution in [0, 0.1) is 34.5 Å². The van der Waals surface area contributed by atoms with Crippen LogP contribution in [0.5, 0.6) is 0 Å². The molecular formula is C22H36O3. The van der Waals surface area contributed by atoms with Gasteiger partial charge < -0.3 is 14.6 Å². The number of rotatable bonds is 0. The van der Waals surface area contributed by atoms with Gasteiger partial charge in [-0.2, -0.15) is 0 Å². The predicted molar refractivity (Wildman–Crippen MR) is 97.0 cm³/mol. The number of aliphatic hydroxyl groups is 1. The van der Waals surface area contributed by atoms with E-state index in [0.717, 1.165) is 56.1 Å². The van der Waals surface area contributed by atoms with Crippen molar-refractivity contribution in [3.63, 3.8) is 0 Å². The number of hydrogen-bond donors (Lipinski definition) is 1. The predicted octanol–water partition coefficient (Wildman–Crippen LogP) is 4.52. The Balaban J connectivity index is 1.44. The van der Waals surface area contributed by atoms with E-state index in [1.54, 1.807) is 0 Å². The zero-order valence-electron chi connectivity index (χ0n) is 16.4. The molecule has 7 atom stereocenters. The summed E-state index contributed by atoms with van der Waals surface area (Å²) in [6.07, 6.45) is 10.9. The van der Waals surface area contributed by atoms with E-state index in [9.17, 15) is 5.11 Å². The van der Waals surface area contributed by atoms with E-state index >= 15 is 0 Å². The molecule has 5 rings (SSSR count). The van der Waals surface area contributed by atoms with Crippen molar-refractivity contribution in [2.45, 2.75) is 89.9 Å². The minimum Gasteiger partial charge on any atom is -0.390 e. The number of ether oxygens (including phenoxy) is 2. The lowest BCUT2D eigenvalue weighted by Crippen LogP contribution is -2.58. The van der Waals surface area contributed by atoms with Crippen molar-refractivity contribution in [3.05, 3.63) is 0 Å². The summed E-state index contributed by atoms with van der Waals surface area (Å²) in [5.74, 6) is 2.91. The molecule has 5 aliphatic rings. The van der Waals surface area contributed by atoms with Crippen LogP contribution in [0.3, 0.4) is 0 Å². The number of fused-ring (bicyclic) bond motifs is 6. The summed E-state index contributed by atoms with van der Waals surface area (Å²) in [6.45, 7) is 8.68. The van der Waals surface area contributed by atoms with Gasteiger partial charge in [-0.1, -0.05) is 13.8 Å². The Bertz CT molecular complexity index is 551. The van der Waals surface area contributed by atoms with Crippen molar-refractivity contribution in [1.82, 2.24) is 0 Å². The Morgan fingerprint density at radius 1 is 0.800 bits per heavy atom. The second-order valence-electron chi connectivity index (χ2n) is 10.8. The van der Waals surface area contributed by atoms with Gasteiger partial charge in [-0.25, -0.2) is 0 Å². The van der Waals surface area contributed by atoms with Crippen molar-refractivity contribution >= 4 is 0 Å². The van der Waals surface area contributed by atoms with Crippen LogP contribution in [-0.2, 0) is 9.47 Å². The molecule has 1 N–H and O–H groups in total. The van der Waals surface area contributed by atoms with Crippen molar-refractivity contribution in [1.29, 1.82) is 0 Å². The van der Waals surface area contributed by atoms with Gasteiger partial charge in [0.25, 0.3) is 0 Å². The van der Waals surface area contributed by atoms with Gasteiger partial charge in [0, 0.05) is 11.8 Å². The highest BCUT2D eigenvalue weighted by molar-refractivity contribution is 5.13. The first-order valence-corrected chi connectivity index (χ1v) is 10.8. The summed E-state index contributed by atoms with van der Waals surface area (Å²) in [6, 6.07) is 0. The van der Waals surface area contributed by atoms with Crippen LogP contribution in [0.4, 0.5) is 0 Å². The average Bonchev–Trinajstić information content (AvgIpc) is 3.15. The minimum absolute atomic E-state index is 0.216. The lowest BCUT2D eigenvalue weighted by atomic mass is 9.44. The molecule has 4 saturated carbocycles. The molecule has 142 valence electrons. The summed E-state index contributed by atoms with van der Waals surface area (Å²) in [5, 5.41) is 10.6. The molecule has 3 heteroatoms. The zero-order chi connectivity index (χ0) is 17.5. The molecule has 0 aromatic rings. The standard InChI is InChI=1S/C22H36O3/c1-19(23)10-11-20(2)15(14-19)4-5-16-17(20)6-8-21(3)18(16)7-9-22(21)24-12-13-25-22/h15-18,23H,4-14H2,1-3H3. The molecule has 1 heterocycles. The molecular weight excluding hydrogens is 312 g/mol. The third kappa shape index (κ3) is 2.15. The Kier molecular flexibility index (Phi) is 3.56. The van der Waals surface area contributed by atoms with Crippen molar-refractivity contribution in [2.75, 3.05) is 13.2 Å². The molecule has 5 fully saturated rings. The van der Waals surface area contributed by atoms with Gasteiger partial charge in [-0.15, -0.1) is 0 Å². The topological polar surface area (TPSA) is 38.7 Å². The van der Waals surface area contributed by atoms with Crippen LogP contribution in [0.1, 0.15) is 78.6 Å². The Hall–Kier alpha value is -0.120. The van der Waals surface area contributed by atoms with Crippen LogP contribution >= 0.6 is 0 Å². The van der Waals surface area contributed by atoms with Gasteiger partial charge >= 0.3 is 0 Å². The Labute approximate surface area is 152 Å². The largest absolute Gasteiger partial charge is 0.390 e. The molecule has 1 spiro atoms. The minimum atomic E-state index is -0.427. The fraction of sp³-hybridized carbons (Fsp3) is 1.00. The molecule has 0 aromatic heterocycles. The van der Waals surface area contributed by atoms with E-state index in [0.29, 0.717) is 5.41 Å². The summed E-state index contributed by atoms with van der Waals surface area (Å²) >= 11 is 0. The molecule has 3 nitrogen and oxygen atoms in total. The van der Waals surface area contributed by atoms with Crippen molar-refractivity contribution < 1.29 is 14.6 Å². The quantitative estimate of drug-likeness (QED) is 0.699. The first-order chi connectivity index (χ1) is 11.8. The van der Waals surface area contributed by atoms with Crippen LogP contribution in [0.2, 0.25) is 0 Å². The molecule has 25 heavy (non-hydrogen) atoms. The second-order valence-corrected chi connectivity index (χ2v) is 10.8. The molecule has 0 aromatic carbocycles. The maximum Gasteiger partial charge on any atom is 0.174 e. The van der Waals surface area contributed by atoms with Crippen molar-refractivity contribution in [2.24, 2.45) is 34.5 Å². The van der Waals surface area contributed by atoms with Crippen LogP contribution < -0.4 is 0 Å². The van der Waals surface area contributed by atoms with Crippen LogP contribution in [0.15, 0.2) is 0 Å². The SMILES string of the molecule is CC1(O)CCC2(C)C(CCC3C2CCC2(C)C3CCC23OCCO3)C1. The normalized spacial score (nSPS) is 57.1. The molecule has 1 saturated heterocycles. The van der Waals surface area contributed by atoms with Gasteiger partial charge in [0.15, 0.2) is 5.79 Å². The van der Waals surface area contributed by atoms with E-state index in [2.05, 4.69) is 20.8 Å². The molecule has 4 aliphatic carbocycles. The van der Waals surface area contributed by atoms with Gasteiger partial charge in [-0.05, 0) is 87.4 Å². The first-order valence-electron chi connectivity index (χ1n) is 10.8. The maximum absolute atomic E-state index is 10.6. The van der Waals surface area contributed by atoms with Gasteiger partial charge in [0.05, 0.1) is 18.8 Å². The summed E-state index contributed by atoms with van der Waals surface area (Å²) in [5.41, 5.74) is 0.233. The molecule has 7 unspecified atom stereocenters. The smallest absolute Gasteiger partial charge is 0.174 e. The lowest BCUT2D eigenvalue weighted by molar-refractivity contribution is -0.248. The zero-order valence-corrected chi connectivity index (χ0v) is 16.4. The highest BCUT2D eigenvalue weighted by atomic mass is 16.7. The van der Waals surface area contributed by atoms with E-state index in [1.165, 1.54) is 38.5 Å². The van der Waals surface area contributed by atoms with Gasteiger partial charge in [0.1, 0.15) is 0 Å². The highest BCUT2D eigenvalue weighted by Crippen LogP contribution is 2.69. The van der Waals surface area contributed by atoms with E-state index in [4.69, 9.17) is 9.47 Å². The average molecular weight is 349 g/mol. The van der Waals surface area contributed by atoms with Crippen molar-refractivity contribution in [3.8, 4) is 0 Å². The van der Waals surface area contributed by atoms with E-state index in [1.807, 2.05) is 0 Å². The summed E-state index contributed by atoms with van der Waals surface area (Å²) < 4.78 is 12.5. The first kappa shape index (κ1) is 17.0. The lowest BCUT2D eigenvalue weighted by Gasteiger charge is -2.62. The van der Waals surface area contributed by atoms with Gasteiger partial charge in [-0.3, -0.25) is 0 Å². The Morgan fingerprint density at radius 3 is 2.28 bits per heavy atom. The molecule has 0 amide bonds. The monoisotopic (exact) mass is 348 g/mol. The fourth-order valence-corrected chi connectivity index (χ4v) is 8.32. The third-order valence-corrected chi connectivity index (χ3v) is 9.75. The van der Waals surface area contributed by atoms with Crippen LogP contribution in [0.25, 0.3) is 0 Å². The second kappa shape index (κ2) is 5.23. The number of hydrogen-bond acceptors (Lipinski definition) is 3. The molecule has 1 aliphatic heterocycles. The van der Waals surface area contributed by atoms with Crippen LogP contribution in [-0.4, -0.2) is 29.7 Å². The van der Waals surface area contributed by atoms with E-state index in [-0.39, 0.29) is 11.2 Å². The molecule has 0 bridgehead atoms. The third-order valence-electron chi connectivity index (χ3n) is 9.75. The summed E-state index contributed by atoms with van der Waals surface area (Å²) in [7, 11) is 0. The highest BCUT2D eigenvalue weighted by Gasteiger charge is 2.67. The Morgan fingerprint density at radius 2 is 1.52 bits per heavy atom. The molecule has 0 radical (unpaired) electrons. The maximum atomic E-state index is 10.6. The fourth-order valence-electron chi connectivity index (χ4n) is 8.32. The summed E-state index contributed by atoms with van der Waals surface area (Å²) in [4.78, 5) is 0.